The maximum atomic E-state index is 12.3. The summed E-state index contributed by atoms with van der Waals surface area (Å²) >= 11 is 5.95. The summed E-state index contributed by atoms with van der Waals surface area (Å²) in [7, 11) is -0.373. The molecule has 0 heterocycles. The summed E-state index contributed by atoms with van der Waals surface area (Å²) in [5, 5.41) is 2.60. The third kappa shape index (κ3) is 7.40. The van der Waals surface area contributed by atoms with E-state index in [9.17, 15) is 22.8 Å². The summed E-state index contributed by atoms with van der Waals surface area (Å²) in [5.74, 6) is -2.33. The van der Waals surface area contributed by atoms with Crippen molar-refractivity contribution < 1.29 is 27.5 Å². The first-order valence-electron chi connectivity index (χ1n) is 7.61. The van der Waals surface area contributed by atoms with E-state index in [1.807, 2.05) is 0 Å². The summed E-state index contributed by atoms with van der Waals surface area (Å²) in [6.45, 7) is -0.511. The molecule has 1 aromatic rings. The number of benzene rings is 1. The predicted molar refractivity (Wildman–Crippen MR) is 96.7 cm³/mol. The normalized spacial score (nSPS) is 12.2. The highest BCUT2D eigenvalue weighted by Gasteiger charge is 2.26. The number of hydrogen-bond donors (Lipinski definition) is 1. The van der Waals surface area contributed by atoms with Gasteiger partial charge in [0.25, 0.3) is 11.8 Å². The van der Waals surface area contributed by atoms with E-state index in [0.717, 1.165) is 6.26 Å². The zero-order chi connectivity index (χ0) is 19.9. The van der Waals surface area contributed by atoms with Gasteiger partial charge in [-0.25, -0.2) is 13.2 Å². The van der Waals surface area contributed by atoms with Crippen molar-refractivity contribution >= 4 is 39.2 Å². The first-order valence-corrected chi connectivity index (χ1v) is 10.0. The first kappa shape index (κ1) is 21.9. The molecule has 1 aromatic carbocycles. The lowest BCUT2D eigenvalue weighted by molar-refractivity contribution is -0.152. The fraction of sp³-hybridized carbons (Fsp3) is 0.438. The van der Waals surface area contributed by atoms with Crippen molar-refractivity contribution in [3.8, 4) is 0 Å². The highest BCUT2D eigenvalue weighted by atomic mass is 35.5. The second-order valence-electron chi connectivity index (χ2n) is 5.82. The zero-order valence-corrected chi connectivity index (χ0v) is 16.3. The van der Waals surface area contributed by atoms with Gasteiger partial charge in [0.1, 0.15) is 15.9 Å². The Hall–Kier alpha value is -2.13. The molecule has 0 radical (unpaired) electrons. The van der Waals surface area contributed by atoms with Crippen molar-refractivity contribution in [3.63, 3.8) is 0 Å². The minimum atomic E-state index is -3.37. The SMILES string of the molecule is CN(C)C(=O)COC(=O)[C@H](CCS(C)(=O)=O)NC(=O)c1ccccc1Cl. The molecule has 0 aliphatic rings. The lowest BCUT2D eigenvalue weighted by Gasteiger charge is -2.18. The van der Waals surface area contributed by atoms with Crippen LogP contribution in [0.5, 0.6) is 0 Å². The number of esters is 1. The Balaban J connectivity index is 2.87. The second-order valence-corrected chi connectivity index (χ2v) is 8.49. The minimum absolute atomic E-state index is 0.135. The zero-order valence-electron chi connectivity index (χ0n) is 14.7. The van der Waals surface area contributed by atoms with E-state index < -0.39 is 40.3 Å². The van der Waals surface area contributed by atoms with Gasteiger partial charge in [0.15, 0.2) is 6.61 Å². The number of ether oxygens (including phenoxy) is 1. The Kier molecular flexibility index (Phi) is 8.04. The molecular weight excluding hydrogens is 384 g/mol. The van der Waals surface area contributed by atoms with Crippen molar-refractivity contribution in [1.82, 2.24) is 10.2 Å². The van der Waals surface area contributed by atoms with Gasteiger partial charge in [-0.3, -0.25) is 9.59 Å². The number of carbonyl (C=O) groups is 3. The summed E-state index contributed by atoms with van der Waals surface area (Å²) < 4.78 is 27.6. The summed E-state index contributed by atoms with van der Waals surface area (Å²) in [6, 6.07) is 4.98. The Bertz CT molecular complexity index is 779. The molecule has 1 rings (SSSR count). The number of amides is 2. The van der Waals surface area contributed by atoms with E-state index in [1.54, 1.807) is 12.1 Å². The molecule has 0 aromatic heterocycles. The van der Waals surface area contributed by atoms with E-state index in [0.29, 0.717) is 0 Å². The van der Waals surface area contributed by atoms with E-state index >= 15 is 0 Å². The average molecular weight is 405 g/mol. The topological polar surface area (TPSA) is 110 Å². The molecule has 0 aliphatic carbocycles. The molecule has 0 saturated carbocycles. The molecule has 1 N–H and O–H groups in total. The molecule has 0 spiro atoms. The van der Waals surface area contributed by atoms with Crippen LogP contribution in [0.15, 0.2) is 24.3 Å². The molecular formula is C16H21ClN2O6S. The van der Waals surface area contributed by atoms with Crippen molar-refractivity contribution in [3.05, 3.63) is 34.9 Å². The molecule has 0 unspecified atom stereocenters. The van der Waals surface area contributed by atoms with Gasteiger partial charge in [-0.15, -0.1) is 0 Å². The van der Waals surface area contributed by atoms with Crippen LogP contribution < -0.4 is 5.32 Å². The number of likely N-dealkylation sites (N-methyl/N-ethyl adjacent to an activating group) is 1. The smallest absolute Gasteiger partial charge is 0.329 e. The number of nitrogens with one attached hydrogen (secondary N) is 1. The van der Waals surface area contributed by atoms with E-state index in [-0.39, 0.29) is 22.8 Å². The van der Waals surface area contributed by atoms with Crippen LogP contribution in [0.25, 0.3) is 0 Å². The van der Waals surface area contributed by atoms with Crippen molar-refractivity contribution in [2.45, 2.75) is 12.5 Å². The first-order chi connectivity index (χ1) is 12.0. The Morgan fingerprint density at radius 1 is 1.23 bits per heavy atom. The molecule has 0 aliphatic heterocycles. The lowest BCUT2D eigenvalue weighted by atomic mass is 10.1. The maximum absolute atomic E-state index is 12.3. The molecule has 10 heteroatoms. The van der Waals surface area contributed by atoms with Crippen LogP contribution in [0, 0.1) is 0 Å². The third-order valence-corrected chi connectivity index (χ3v) is 4.63. The van der Waals surface area contributed by atoms with Crippen molar-refractivity contribution in [2.75, 3.05) is 32.7 Å². The van der Waals surface area contributed by atoms with Gasteiger partial charge in [-0.2, -0.15) is 0 Å². The van der Waals surface area contributed by atoms with Crippen LogP contribution in [0.2, 0.25) is 5.02 Å². The largest absolute Gasteiger partial charge is 0.454 e. The molecule has 1 atom stereocenters. The van der Waals surface area contributed by atoms with Gasteiger partial charge in [0.05, 0.1) is 16.3 Å². The lowest BCUT2D eigenvalue weighted by Crippen LogP contribution is -2.44. The monoisotopic (exact) mass is 404 g/mol. The number of carbonyl (C=O) groups excluding carboxylic acids is 3. The predicted octanol–water partition coefficient (Wildman–Crippen LogP) is 0.505. The number of sulfone groups is 1. The third-order valence-electron chi connectivity index (χ3n) is 3.32. The Morgan fingerprint density at radius 3 is 2.38 bits per heavy atom. The van der Waals surface area contributed by atoms with Crippen LogP contribution >= 0.6 is 11.6 Å². The number of halogens is 1. The number of rotatable bonds is 8. The molecule has 2 amide bonds. The van der Waals surface area contributed by atoms with Gasteiger partial charge >= 0.3 is 5.97 Å². The number of nitrogens with zero attached hydrogens (tertiary/aromatic N) is 1. The fourth-order valence-corrected chi connectivity index (χ4v) is 2.71. The van der Waals surface area contributed by atoms with E-state index in [1.165, 1.54) is 31.1 Å². The standard InChI is InChI=1S/C16H21ClN2O6S/c1-19(2)14(20)10-25-16(22)13(8-9-26(3,23)24)18-15(21)11-6-4-5-7-12(11)17/h4-7,13H,8-10H2,1-3H3,(H,18,21)/t13-/m0/s1. The van der Waals surface area contributed by atoms with Crippen LogP contribution in [-0.4, -0.2) is 69.9 Å². The van der Waals surface area contributed by atoms with Crippen LogP contribution in [0.3, 0.4) is 0 Å². The molecule has 8 nitrogen and oxygen atoms in total. The van der Waals surface area contributed by atoms with Crippen molar-refractivity contribution in [2.24, 2.45) is 0 Å². The summed E-state index contributed by atoms with van der Waals surface area (Å²) in [5.41, 5.74) is 0.135. The molecule has 0 fully saturated rings. The Labute approximate surface area is 157 Å². The van der Waals surface area contributed by atoms with Gasteiger partial charge in [0, 0.05) is 20.4 Å². The van der Waals surface area contributed by atoms with Crippen LogP contribution in [0.1, 0.15) is 16.8 Å². The molecule has 144 valence electrons. The van der Waals surface area contributed by atoms with Gasteiger partial charge in [-0.1, -0.05) is 23.7 Å². The number of hydrogen-bond acceptors (Lipinski definition) is 6. The fourth-order valence-electron chi connectivity index (χ4n) is 1.82. The summed E-state index contributed by atoms with van der Waals surface area (Å²) in [4.78, 5) is 37.3. The van der Waals surface area contributed by atoms with Crippen molar-refractivity contribution in [1.29, 1.82) is 0 Å². The highest BCUT2D eigenvalue weighted by molar-refractivity contribution is 7.90. The van der Waals surface area contributed by atoms with Gasteiger partial charge < -0.3 is 15.0 Å². The average Bonchev–Trinajstić information content (AvgIpc) is 2.55. The molecule has 0 saturated heterocycles. The Morgan fingerprint density at radius 2 is 1.85 bits per heavy atom. The molecule has 26 heavy (non-hydrogen) atoms. The maximum Gasteiger partial charge on any atom is 0.329 e. The van der Waals surface area contributed by atoms with E-state index in [4.69, 9.17) is 16.3 Å². The van der Waals surface area contributed by atoms with Gasteiger partial charge in [-0.05, 0) is 18.6 Å². The van der Waals surface area contributed by atoms with Crippen LogP contribution in [0.4, 0.5) is 0 Å². The minimum Gasteiger partial charge on any atom is -0.454 e. The second kappa shape index (κ2) is 9.54. The van der Waals surface area contributed by atoms with E-state index in [2.05, 4.69) is 5.32 Å². The highest BCUT2D eigenvalue weighted by Crippen LogP contribution is 2.15. The quantitative estimate of drug-likeness (QED) is 0.632. The van der Waals surface area contributed by atoms with Gasteiger partial charge in [0.2, 0.25) is 0 Å². The van der Waals surface area contributed by atoms with Crippen LogP contribution in [-0.2, 0) is 24.2 Å². The summed E-state index contributed by atoms with van der Waals surface area (Å²) in [6.07, 6.45) is 0.824. The molecule has 0 bridgehead atoms.